The van der Waals surface area contributed by atoms with Crippen molar-refractivity contribution in [3.8, 4) is 0 Å². The number of nitro benzene ring substituents is 1. The van der Waals surface area contributed by atoms with Gasteiger partial charge in [0.2, 0.25) is 0 Å². The molecule has 0 aromatic heterocycles. The van der Waals surface area contributed by atoms with Gasteiger partial charge < -0.3 is 5.11 Å². The fourth-order valence-electron chi connectivity index (χ4n) is 1.81. The fraction of sp³-hybridized carbons (Fsp3) is 0.417. The van der Waals surface area contributed by atoms with Crippen LogP contribution in [-0.2, 0) is 11.2 Å². The highest BCUT2D eigenvalue weighted by Crippen LogP contribution is 2.27. The molecular weight excluding hydrogens is 302 g/mol. The summed E-state index contributed by atoms with van der Waals surface area (Å²) < 4.78 is 0.611. The molecule has 0 aliphatic rings. The Morgan fingerprint density at radius 2 is 2.22 bits per heavy atom. The summed E-state index contributed by atoms with van der Waals surface area (Å²) in [5.74, 6) is -1.48. The summed E-state index contributed by atoms with van der Waals surface area (Å²) in [7, 11) is 0. The second-order valence-corrected chi connectivity index (χ2v) is 4.97. The Bertz CT molecular complexity index is 461. The maximum absolute atomic E-state index is 11.1. The zero-order valence-electron chi connectivity index (χ0n) is 9.93. The number of aliphatic carboxylic acids is 1. The Balaban J connectivity index is 3.01. The summed E-state index contributed by atoms with van der Waals surface area (Å²) in [6.07, 6.45) is 1.44. The first-order valence-corrected chi connectivity index (χ1v) is 6.40. The van der Waals surface area contributed by atoms with Gasteiger partial charge in [-0.1, -0.05) is 35.3 Å². The van der Waals surface area contributed by atoms with Gasteiger partial charge in [0.15, 0.2) is 0 Å². The summed E-state index contributed by atoms with van der Waals surface area (Å²) in [5.41, 5.74) is 0.427. The lowest BCUT2D eigenvalue weighted by Gasteiger charge is -2.11. The van der Waals surface area contributed by atoms with Crippen LogP contribution in [-0.4, -0.2) is 16.0 Å². The minimum absolute atomic E-state index is 0.0354. The Morgan fingerprint density at radius 3 is 2.72 bits per heavy atom. The minimum atomic E-state index is -0.908. The van der Waals surface area contributed by atoms with Crippen molar-refractivity contribution in [1.82, 2.24) is 0 Å². The highest BCUT2D eigenvalue weighted by Gasteiger charge is 2.22. The molecule has 0 saturated carbocycles. The standard InChI is InChI=1S/C12H14BrNO4/c1-2-3-9(12(15)16)6-8-4-5-10(13)7-11(8)14(17)18/h4-5,7,9H,2-3,6H2,1H3,(H,15,16). The van der Waals surface area contributed by atoms with Crippen LogP contribution < -0.4 is 0 Å². The molecule has 5 nitrogen and oxygen atoms in total. The molecule has 0 aliphatic heterocycles. The van der Waals surface area contributed by atoms with E-state index in [2.05, 4.69) is 15.9 Å². The van der Waals surface area contributed by atoms with Gasteiger partial charge in [0.25, 0.3) is 5.69 Å². The molecular formula is C12H14BrNO4. The zero-order chi connectivity index (χ0) is 13.7. The van der Waals surface area contributed by atoms with Crippen molar-refractivity contribution in [1.29, 1.82) is 0 Å². The molecule has 0 fully saturated rings. The third-order valence-corrected chi connectivity index (χ3v) is 3.19. The third-order valence-electron chi connectivity index (χ3n) is 2.70. The average molecular weight is 316 g/mol. The first-order chi connectivity index (χ1) is 8.45. The van der Waals surface area contributed by atoms with E-state index in [-0.39, 0.29) is 12.1 Å². The van der Waals surface area contributed by atoms with Gasteiger partial charge in [-0.2, -0.15) is 0 Å². The van der Waals surface area contributed by atoms with E-state index < -0.39 is 16.8 Å². The van der Waals surface area contributed by atoms with Gasteiger partial charge in [-0.15, -0.1) is 0 Å². The highest BCUT2D eigenvalue weighted by molar-refractivity contribution is 9.10. The summed E-state index contributed by atoms with van der Waals surface area (Å²) in [4.78, 5) is 21.5. The van der Waals surface area contributed by atoms with Crippen LogP contribution in [0.1, 0.15) is 25.3 Å². The Labute approximate surface area is 113 Å². The number of carboxylic acid groups (broad SMARTS) is 1. The lowest BCUT2D eigenvalue weighted by molar-refractivity contribution is -0.385. The first-order valence-electron chi connectivity index (χ1n) is 5.61. The van der Waals surface area contributed by atoms with Crippen LogP contribution in [0.4, 0.5) is 5.69 Å². The van der Waals surface area contributed by atoms with Gasteiger partial charge >= 0.3 is 5.97 Å². The van der Waals surface area contributed by atoms with E-state index in [0.29, 0.717) is 16.5 Å². The van der Waals surface area contributed by atoms with Crippen molar-refractivity contribution in [2.45, 2.75) is 26.2 Å². The van der Waals surface area contributed by atoms with Crippen molar-refractivity contribution in [2.75, 3.05) is 0 Å². The van der Waals surface area contributed by atoms with Crippen LogP contribution in [0.3, 0.4) is 0 Å². The van der Waals surface area contributed by atoms with Crippen LogP contribution in [0.5, 0.6) is 0 Å². The molecule has 0 amide bonds. The molecule has 0 heterocycles. The predicted octanol–water partition coefficient (Wildman–Crippen LogP) is 3.40. The van der Waals surface area contributed by atoms with E-state index >= 15 is 0 Å². The van der Waals surface area contributed by atoms with Crippen molar-refractivity contribution in [3.63, 3.8) is 0 Å². The van der Waals surface area contributed by atoms with Crippen molar-refractivity contribution < 1.29 is 14.8 Å². The highest BCUT2D eigenvalue weighted by atomic mass is 79.9. The smallest absolute Gasteiger partial charge is 0.306 e. The summed E-state index contributed by atoms with van der Waals surface area (Å²) >= 11 is 3.17. The predicted molar refractivity (Wildman–Crippen MR) is 70.5 cm³/mol. The molecule has 1 rings (SSSR count). The molecule has 1 N–H and O–H groups in total. The molecule has 1 aromatic rings. The number of hydrogen-bond acceptors (Lipinski definition) is 3. The minimum Gasteiger partial charge on any atom is -0.481 e. The summed E-state index contributed by atoms with van der Waals surface area (Å²) in [5, 5.41) is 20.0. The van der Waals surface area contributed by atoms with Gasteiger partial charge in [-0.25, -0.2) is 0 Å². The molecule has 0 spiro atoms. The molecule has 18 heavy (non-hydrogen) atoms. The molecule has 1 atom stereocenters. The Hall–Kier alpha value is -1.43. The molecule has 1 unspecified atom stereocenters. The van der Waals surface area contributed by atoms with E-state index in [0.717, 1.165) is 6.42 Å². The Kier molecular flexibility index (Phi) is 5.27. The van der Waals surface area contributed by atoms with Crippen LogP contribution in [0, 0.1) is 16.0 Å². The number of nitro groups is 1. The lowest BCUT2D eigenvalue weighted by Crippen LogP contribution is -2.16. The van der Waals surface area contributed by atoms with Crippen molar-refractivity contribution >= 4 is 27.6 Å². The molecule has 0 radical (unpaired) electrons. The van der Waals surface area contributed by atoms with E-state index in [1.807, 2.05) is 6.92 Å². The molecule has 1 aromatic carbocycles. The maximum atomic E-state index is 11.1. The molecule has 6 heteroatoms. The quantitative estimate of drug-likeness (QED) is 0.644. The lowest BCUT2D eigenvalue weighted by atomic mass is 9.94. The van der Waals surface area contributed by atoms with Gasteiger partial charge in [0.05, 0.1) is 10.8 Å². The molecule has 0 saturated heterocycles. The summed E-state index contributed by atoms with van der Waals surface area (Å²) in [6, 6.07) is 4.70. The normalized spacial score (nSPS) is 12.1. The molecule has 0 bridgehead atoms. The van der Waals surface area contributed by atoms with E-state index in [4.69, 9.17) is 5.11 Å². The van der Waals surface area contributed by atoms with Gasteiger partial charge in [-0.05, 0) is 18.9 Å². The maximum Gasteiger partial charge on any atom is 0.306 e. The van der Waals surface area contributed by atoms with Gasteiger partial charge in [-0.3, -0.25) is 14.9 Å². The average Bonchev–Trinajstić information content (AvgIpc) is 2.30. The Morgan fingerprint density at radius 1 is 1.56 bits per heavy atom. The van der Waals surface area contributed by atoms with Crippen LogP contribution >= 0.6 is 15.9 Å². The number of carboxylic acids is 1. The van der Waals surface area contributed by atoms with Crippen molar-refractivity contribution in [2.24, 2.45) is 5.92 Å². The topological polar surface area (TPSA) is 80.4 Å². The summed E-state index contributed by atoms with van der Waals surface area (Å²) in [6.45, 7) is 1.89. The largest absolute Gasteiger partial charge is 0.481 e. The number of hydrogen-bond donors (Lipinski definition) is 1. The number of nitrogens with zero attached hydrogens (tertiary/aromatic N) is 1. The van der Waals surface area contributed by atoms with Crippen LogP contribution in [0.15, 0.2) is 22.7 Å². The SMILES string of the molecule is CCCC(Cc1ccc(Br)cc1[N+](=O)[O-])C(=O)O. The number of benzene rings is 1. The second kappa shape index (κ2) is 6.49. The first kappa shape index (κ1) is 14.6. The van der Waals surface area contributed by atoms with E-state index in [1.165, 1.54) is 6.07 Å². The number of rotatable bonds is 6. The number of carbonyl (C=O) groups is 1. The zero-order valence-corrected chi connectivity index (χ0v) is 11.5. The fourth-order valence-corrected chi connectivity index (χ4v) is 2.16. The van der Waals surface area contributed by atoms with Gasteiger partial charge in [0.1, 0.15) is 0 Å². The molecule has 98 valence electrons. The van der Waals surface area contributed by atoms with E-state index in [1.54, 1.807) is 12.1 Å². The van der Waals surface area contributed by atoms with Crippen molar-refractivity contribution in [3.05, 3.63) is 38.3 Å². The van der Waals surface area contributed by atoms with Crippen LogP contribution in [0.2, 0.25) is 0 Å². The second-order valence-electron chi connectivity index (χ2n) is 4.06. The monoisotopic (exact) mass is 315 g/mol. The number of halogens is 1. The third kappa shape index (κ3) is 3.80. The van der Waals surface area contributed by atoms with E-state index in [9.17, 15) is 14.9 Å². The van der Waals surface area contributed by atoms with Gasteiger partial charge in [0, 0.05) is 16.1 Å². The van der Waals surface area contributed by atoms with Crippen LogP contribution in [0.25, 0.3) is 0 Å². The molecule has 0 aliphatic carbocycles.